The van der Waals surface area contributed by atoms with Gasteiger partial charge in [0.25, 0.3) is 0 Å². The average molecular weight is 204 g/mol. The van der Waals surface area contributed by atoms with Crippen molar-refractivity contribution in [1.29, 1.82) is 0 Å². The Kier molecular flexibility index (Phi) is 3.62. The van der Waals surface area contributed by atoms with Gasteiger partial charge in [0.15, 0.2) is 0 Å². The summed E-state index contributed by atoms with van der Waals surface area (Å²) in [5, 5.41) is 19.0. The van der Waals surface area contributed by atoms with Gasteiger partial charge in [0.05, 0.1) is 11.5 Å². The molecule has 1 aliphatic rings. The lowest BCUT2D eigenvalue weighted by atomic mass is 9.84. The van der Waals surface area contributed by atoms with Crippen LogP contribution in [0.3, 0.4) is 0 Å². The predicted molar refractivity (Wildman–Crippen MR) is 52.9 cm³/mol. The van der Waals surface area contributed by atoms with E-state index in [0.29, 0.717) is 18.6 Å². The first kappa shape index (κ1) is 10.9. The maximum atomic E-state index is 10.9. The summed E-state index contributed by atoms with van der Waals surface area (Å²) in [6, 6.07) is 0. The number of carbonyl (C=O) groups is 1. The summed E-state index contributed by atoms with van der Waals surface area (Å²) in [4.78, 5) is 10.9. The van der Waals surface area contributed by atoms with Crippen molar-refractivity contribution in [3.05, 3.63) is 0 Å². The maximum Gasteiger partial charge on any atom is 0.309 e. The van der Waals surface area contributed by atoms with E-state index in [1.165, 1.54) is 0 Å². The fourth-order valence-electron chi connectivity index (χ4n) is 1.76. The van der Waals surface area contributed by atoms with E-state index in [-0.39, 0.29) is 0 Å². The fraction of sp³-hybridized carbons (Fsp3) is 0.889. The zero-order valence-electron chi connectivity index (χ0n) is 7.82. The normalized spacial score (nSPS) is 30.3. The molecule has 2 atom stereocenters. The number of aliphatic carboxylic acids is 1. The van der Waals surface area contributed by atoms with E-state index in [0.717, 1.165) is 12.2 Å². The third-order valence-corrected chi connectivity index (χ3v) is 3.75. The molecular formula is C9H16O3S. The van der Waals surface area contributed by atoms with Crippen molar-refractivity contribution in [1.82, 2.24) is 0 Å². The highest BCUT2D eigenvalue weighted by Gasteiger charge is 2.43. The third kappa shape index (κ3) is 2.38. The minimum Gasteiger partial charge on any atom is -0.481 e. The predicted octanol–water partition coefficient (Wildman–Crippen LogP) is 1.36. The average Bonchev–Trinajstić information content (AvgIpc) is 2.48. The van der Waals surface area contributed by atoms with Gasteiger partial charge in [-0.1, -0.05) is 13.3 Å². The number of hydrogen-bond acceptors (Lipinski definition) is 3. The molecule has 0 bridgehead atoms. The number of hydrogen-bond donors (Lipinski definition) is 2. The van der Waals surface area contributed by atoms with Crippen LogP contribution in [0, 0.1) is 5.92 Å². The number of carboxylic acid groups (broad SMARTS) is 1. The Hall–Kier alpha value is -0.220. The molecule has 1 fully saturated rings. The lowest BCUT2D eigenvalue weighted by molar-refractivity contribution is -0.151. The number of thioether (sulfide) groups is 1. The molecule has 0 aliphatic carbocycles. The van der Waals surface area contributed by atoms with E-state index in [1.807, 2.05) is 6.92 Å². The van der Waals surface area contributed by atoms with Crippen LogP contribution in [0.15, 0.2) is 0 Å². The molecule has 1 aliphatic heterocycles. The summed E-state index contributed by atoms with van der Waals surface area (Å²) >= 11 is 1.64. The smallest absolute Gasteiger partial charge is 0.309 e. The van der Waals surface area contributed by atoms with Gasteiger partial charge >= 0.3 is 5.97 Å². The van der Waals surface area contributed by atoms with E-state index in [4.69, 9.17) is 5.11 Å². The highest BCUT2D eigenvalue weighted by molar-refractivity contribution is 7.99. The third-order valence-electron chi connectivity index (χ3n) is 2.56. The second-order valence-corrected chi connectivity index (χ2v) is 4.69. The van der Waals surface area contributed by atoms with E-state index < -0.39 is 17.5 Å². The molecule has 0 aromatic carbocycles. The van der Waals surface area contributed by atoms with Crippen LogP contribution in [0.25, 0.3) is 0 Å². The largest absolute Gasteiger partial charge is 0.481 e. The molecule has 0 aromatic heterocycles. The van der Waals surface area contributed by atoms with Crippen molar-refractivity contribution >= 4 is 17.7 Å². The molecule has 76 valence electrons. The Morgan fingerprint density at radius 2 is 2.38 bits per heavy atom. The number of rotatable bonds is 4. The quantitative estimate of drug-likeness (QED) is 0.726. The second-order valence-electron chi connectivity index (χ2n) is 3.59. The zero-order chi connectivity index (χ0) is 9.90. The Bertz CT molecular complexity index is 187. The van der Waals surface area contributed by atoms with Gasteiger partial charge in [-0.3, -0.25) is 4.79 Å². The van der Waals surface area contributed by atoms with Gasteiger partial charge in [0.1, 0.15) is 0 Å². The van der Waals surface area contributed by atoms with Crippen molar-refractivity contribution in [3.63, 3.8) is 0 Å². The van der Waals surface area contributed by atoms with Crippen molar-refractivity contribution in [3.8, 4) is 0 Å². The maximum absolute atomic E-state index is 10.9. The number of aliphatic hydroxyl groups is 1. The van der Waals surface area contributed by atoms with Crippen molar-refractivity contribution < 1.29 is 15.0 Å². The van der Waals surface area contributed by atoms with Crippen LogP contribution in [-0.4, -0.2) is 33.3 Å². The summed E-state index contributed by atoms with van der Waals surface area (Å²) < 4.78 is 0. The van der Waals surface area contributed by atoms with Crippen LogP contribution < -0.4 is 0 Å². The first-order valence-electron chi connectivity index (χ1n) is 4.63. The zero-order valence-corrected chi connectivity index (χ0v) is 8.64. The highest BCUT2D eigenvalue weighted by Crippen LogP contribution is 2.36. The van der Waals surface area contributed by atoms with Gasteiger partial charge in [-0.25, -0.2) is 0 Å². The molecule has 1 rings (SSSR count). The first-order valence-corrected chi connectivity index (χ1v) is 5.78. The molecule has 0 saturated carbocycles. The Morgan fingerprint density at radius 3 is 2.77 bits per heavy atom. The van der Waals surface area contributed by atoms with Crippen LogP contribution in [0.2, 0.25) is 0 Å². The fourth-order valence-corrected chi connectivity index (χ4v) is 3.10. The van der Waals surface area contributed by atoms with Crippen molar-refractivity contribution in [2.45, 2.75) is 31.8 Å². The van der Waals surface area contributed by atoms with Crippen LogP contribution in [0.5, 0.6) is 0 Å². The first-order chi connectivity index (χ1) is 6.10. The summed E-state index contributed by atoms with van der Waals surface area (Å²) in [6.07, 6.45) is 2.00. The molecular weight excluding hydrogens is 188 g/mol. The van der Waals surface area contributed by atoms with Crippen molar-refractivity contribution in [2.24, 2.45) is 5.92 Å². The Labute approximate surface area is 82.5 Å². The lowest BCUT2D eigenvalue weighted by Gasteiger charge is -2.28. The molecule has 1 heterocycles. The summed E-state index contributed by atoms with van der Waals surface area (Å²) in [6.45, 7) is 1.95. The SMILES string of the molecule is CCCC(C(=O)O)C1(O)CCSC1. The summed E-state index contributed by atoms with van der Waals surface area (Å²) in [5.74, 6) is 0.0212. The van der Waals surface area contributed by atoms with Crippen LogP contribution >= 0.6 is 11.8 Å². The van der Waals surface area contributed by atoms with Gasteiger partial charge < -0.3 is 10.2 Å². The highest BCUT2D eigenvalue weighted by atomic mass is 32.2. The molecule has 1 saturated heterocycles. The van der Waals surface area contributed by atoms with E-state index in [1.54, 1.807) is 11.8 Å². The van der Waals surface area contributed by atoms with Crippen LogP contribution in [-0.2, 0) is 4.79 Å². The van der Waals surface area contributed by atoms with E-state index in [9.17, 15) is 9.90 Å². The summed E-state index contributed by atoms with van der Waals surface area (Å²) in [5.41, 5.74) is -0.952. The molecule has 2 unspecified atom stereocenters. The van der Waals surface area contributed by atoms with Crippen molar-refractivity contribution in [2.75, 3.05) is 11.5 Å². The molecule has 0 amide bonds. The van der Waals surface area contributed by atoms with Gasteiger partial charge in [0, 0.05) is 5.75 Å². The molecule has 0 spiro atoms. The van der Waals surface area contributed by atoms with Gasteiger partial charge in [-0.15, -0.1) is 0 Å². The van der Waals surface area contributed by atoms with E-state index in [2.05, 4.69) is 0 Å². The Morgan fingerprint density at radius 1 is 1.69 bits per heavy atom. The molecule has 3 nitrogen and oxygen atoms in total. The molecule has 0 radical (unpaired) electrons. The lowest BCUT2D eigenvalue weighted by Crippen LogP contribution is -2.42. The minimum absolute atomic E-state index is 0.573. The second kappa shape index (κ2) is 4.33. The molecule has 2 N–H and O–H groups in total. The minimum atomic E-state index is -0.952. The molecule has 4 heteroatoms. The number of carboxylic acids is 1. The topological polar surface area (TPSA) is 57.5 Å². The monoisotopic (exact) mass is 204 g/mol. The summed E-state index contributed by atoms with van der Waals surface area (Å²) in [7, 11) is 0. The molecule has 0 aromatic rings. The Balaban J connectivity index is 2.67. The van der Waals surface area contributed by atoms with Crippen LogP contribution in [0.1, 0.15) is 26.2 Å². The standard InChI is InChI=1S/C9H16O3S/c1-2-3-7(8(10)11)9(12)4-5-13-6-9/h7,12H,2-6H2,1H3,(H,10,11). The van der Waals surface area contributed by atoms with Gasteiger partial charge in [0.2, 0.25) is 0 Å². The van der Waals surface area contributed by atoms with Crippen LogP contribution in [0.4, 0.5) is 0 Å². The molecule has 13 heavy (non-hydrogen) atoms. The van der Waals surface area contributed by atoms with Gasteiger partial charge in [-0.05, 0) is 18.6 Å². The van der Waals surface area contributed by atoms with Gasteiger partial charge in [-0.2, -0.15) is 11.8 Å². The van der Waals surface area contributed by atoms with E-state index >= 15 is 0 Å².